The minimum atomic E-state index is -0.481. The molecule has 0 bridgehead atoms. The predicted molar refractivity (Wildman–Crippen MR) is 116 cm³/mol. The highest BCUT2D eigenvalue weighted by molar-refractivity contribution is 5.29. The number of rotatable bonds is 7. The molecule has 5 nitrogen and oxygen atoms in total. The highest BCUT2D eigenvalue weighted by Gasteiger charge is 2.19. The van der Waals surface area contributed by atoms with E-state index in [0.29, 0.717) is 13.2 Å². The molecule has 1 N–H and O–H groups in total. The molecule has 0 radical (unpaired) electrons. The number of benzene rings is 2. The Morgan fingerprint density at radius 2 is 1.62 bits per heavy atom. The highest BCUT2D eigenvalue weighted by Crippen LogP contribution is 2.19. The van der Waals surface area contributed by atoms with Gasteiger partial charge in [-0.2, -0.15) is 0 Å². The minimum Gasteiger partial charge on any atom is -0.491 e. The summed E-state index contributed by atoms with van der Waals surface area (Å²) in [6.07, 6.45) is 0.573. The molecule has 1 atom stereocenters. The molecule has 0 spiro atoms. The van der Waals surface area contributed by atoms with Gasteiger partial charge in [0.2, 0.25) is 0 Å². The van der Waals surface area contributed by atoms with Crippen molar-refractivity contribution < 1.29 is 9.84 Å². The lowest BCUT2D eigenvalue weighted by Crippen LogP contribution is -2.43. The number of piperazine rings is 1. The van der Waals surface area contributed by atoms with E-state index in [2.05, 4.69) is 58.1 Å². The molecule has 1 fully saturated rings. The van der Waals surface area contributed by atoms with Crippen LogP contribution in [0.5, 0.6) is 5.75 Å². The van der Waals surface area contributed by atoms with E-state index in [9.17, 15) is 5.11 Å². The van der Waals surface area contributed by atoms with Crippen molar-refractivity contribution in [3.63, 3.8) is 0 Å². The summed E-state index contributed by atoms with van der Waals surface area (Å²) in [7, 11) is 2.18. The van der Waals surface area contributed by atoms with Crippen LogP contribution in [0.2, 0.25) is 0 Å². The summed E-state index contributed by atoms with van der Waals surface area (Å²) < 4.78 is 5.84. The maximum Gasteiger partial charge on any atom is 0.119 e. The molecule has 2 aliphatic heterocycles. The average molecular weight is 396 g/mol. The van der Waals surface area contributed by atoms with Crippen LogP contribution in [0.15, 0.2) is 48.5 Å². The van der Waals surface area contributed by atoms with Crippen molar-refractivity contribution >= 4 is 0 Å². The number of nitrogens with zero attached hydrogens (tertiary/aromatic N) is 3. The minimum absolute atomic E-state index is 0.329. The Labute approximate surface area is 174 Å². The predicted octanol–water partition coefficient (Wildman–Crippen LogP) is 2.23. The van der Waals surface area contributed by atoms with Crippen molar-refractivity contribution in [1.29, 1.82) is 0 Å². The molecule has 0 unspecified atom stereocenters. The molecule has 0 saturated carbocycles. The third-order valence-corrected chi connectivity index (χ3v) is 6.05. The van der Waals surface area contributed by atoms with Gasteiger partial charge in [0.05, 0.1) is 0 Å². The van der Waals surface area contributed by atoms with Crippen LogP contribution >= 0.6 is 0 Å². The van der Waals surface area contributed by atoms with Gasteiger partial charge >= 0.3 is 0 Å². The first kappa shape index (κ1) is 20.4. The first-order valence-corrected chi connectivity index (χ1v) is 10.8. The van der Waals surface area contributed by atoms with Crippen LogP contribution in [0.3, 0.4) is 0 Å². The molecule has 2 aromatic carbocycles. The van der Waals surface area contributed by atoms with Gasteiger partial charge < -0.3 is 14.7 Å². The van der Waals surface area contributed by atoms with E-state index in [1.54, 1.807) is 0 Å². The fourth-order valence-electron chi connectivity index (χ4n) is 4.21. The van der Waals surface area contributed by atoms with Crippen molar-refractivity contribution in [1.82, 2.24) is 14.7 Å². The van der Waals surface area contributed by atoms with Crippen LogP contribution in [0.1, 0.15) is 16.7 Å². The van der Waals surface area contributed by atoms with E-state index in [1.807, 2.05) is 12.1 Å². The fourth-order valence-corrected chi connectivity index (χ4v) is 4.21. The standard InChI is InChI=1S/C24H33N3O2/c1-25-12-14-26(15-13-25)16-20-6-8-24(9-7-20)29-19-23(28)18-27-11-10-21-4-2-3-5-22(21)17-27/h2-9,23,28H,10-19H2,1H3/t23-/m0/s1. The van der Waals surface area contributed by atoms with E-state index in [4.69, 9.17) is 4.74 Å². The number of hydrogen-bond donors (Lipinski definition) is 1. The Morgan fingerprint density at radius 3 is 2.38 bits per heavy atom. The summed E-state index contributed by atoms with van der Waals surface area (Å²) in [6.45, 7) is 8.41. The fraction of sp³-hybridized carbons (Fsp3) is 0.500. The lowest BCUT2D eigenvalue weighted by Gasteiger charge is -2.32. The van der Waals surface area contributed by atoms with Crippen LogP contribution in [0, 0.1) is 0 Å². The Bertz CT molecular complexity index is 772. The van der Waals surface area contributed by atoms with Crippen molar-refractivity contribution in [2.24, 2.45) is 0 Å². The monoisotopic (exact) mass is 395 g/mol. The second kappa shape index (κ2) is 9.72. The molecule has 0 amide bonds. The van der Waals surface area contributed by atoms with Crippen molar-refractivity contribution in [3.8, 4) is 5.75 Å². The van der Waals surface area contributed by atoms with Gasteiger partial charge in [-0.15, -0.1) is 0 Å². The molecule has 2 aliphatic rings. The molecule has 156 valence electrons. The molecule has 1 saturated heterocycles. The summed E-state index contributed by atoms with van der Waals surface area (Å²) in [5.41, 5.74) is 4.13. The van der Waals surface area contributed by atoms with Gasteiger partial charge in [0.1, 0.15) is 18.5 Å². The molecule has 2 heterocycles. The van der Waals surface area contributed by atoms with Crippen LogP contribution in [0.4, 0.5) is 0 Å². The Kier molecular flexibility index (Phi) is 6.82. The van der Waals surface area contributed by atoms with E-state index in [1.165, 1.54) is 16.7 Å². The zero-order valence-electron chi connectivity index (χ0n) is 17.5. The number of hydrogen-bond acceptors (Lipinski definition) is 5. The molecule has 5 heteroatoms. The number of aliphatic hydroxyl groups excluding tert-OH is 1. The van der Waals surface area contributed by atoms with E-state index in [-0.39, 0.29) is 0 Å². The topological polar surface area (TPSA) is 39.2 Å². The van der Waals surface area contributed by atoms with Crippen LogP contribution in [-0.2, 0) is 19.5 Å². The summed E-state index contributed by atoms with van der Waals surface area (Å²) in [5.74, 6) is 0.829. The molecular formula is C24H33N3O2. The maximum absolute atomic E-state index is 10.4. The Morgan fingerprint density at radius 1 is 0.897 bits per heavy atom. The quantitative estimate of drug-likeness (QED) is 0.779. The van der Waals surface area contributed by atoms with Gasteiger partial charge in [-0.05, 0) is 42.3 Å². The zero-order chi connectivity index (χ0) is 20.1. The van der Waals surface area contributed by atoms with Crippen molar-refractivity contribution in [2.45, 2.75) is 25.6 Å². The van der Waals surface area contributed by atoms with Gasteiger partial charge in [-0.1, -0.05) is 36.4 Å². The normalized spacial score (nSPS) is 19.7. The van der Waals surface area contributed by atoms with Gasteiger partial charge in [0, 0.05) is 52.4 Å². The third-order valence-electron chi connectivity index (χ3n) is 6.05. The van der Waals surface area contributed by atoms with Crippen molar-refractivity contribution in [3.05, 3.63) is 65.2 Å². The number of aliphatic hydroxyl groups is 1. The second-order valence-electron chi connectivity index (χ2n) is 8.44. The molecule has 29 heavy (non-hydrogen) atoms. The number of likely N-dealkylation sites (N-methyl/N-ethyl adjacent to an activating group) is 1. The van der Waals surface area contributed by atoms with E-state index in [0.717, 1.165) is 58.0 Å². The molecule has 0 aromatic heterocycles. The summed E-state index contributed by atoms with van der Waals surface area (Å²) in [4.78, 5) is 7.19. The number of β-amino-alcohol motifs (C(OH)–C–C–N with tert-alkyl or cyclic N) is 1. The first-order chi connectivity index (χ1) is 14.2. The molecular weight excluding hydrogens is 362 g/mol. The van der Waals surface area contributed by atoms with Gasteiger partial charge in [-0.25, -0.2) is 0 Å². The summed E-state index contributed by atoms with van der Waals surface area (Å²) in [5, 5.41) is 10.4. The molecule has 2 aromatic rings. The van der Waals surface area contributed by atoms with E-state index >= 15 is 0 Å². The molecule has 4 rings (SSSR count). The largest absolute Gasteiger partial charge is 0.491 e. The van der Waals surface area contributed by atoms with Gasteiger partial charge in [0.15, 0.2) is 0 Å². The van der Waals surface area contributed by atoms with Crippen LogP contribution in [0.25, 0.3) is 0 Å². The Hall–Kier alpha value is -1.92. The lowest BCUT2D eigenvalue weighted by atomic mass is 10.00. The highest BCUT2D eigenvalue weighted by atomic mass is 16.5. The lowest BCUT2D eigenvalue weighted by molar-refractivity contribution is 0.0637. The van der Waals surface area contributed by atoms with Crippen molar-refractivity contribution in [2.75, 3.05) is 52.9 Å². The smallest absolute Gasteiger partial charge is 0.119 e. The number of fused-ring (bicyclic) bond motifs is 1. The Balaban J connectivity index is 1.20. The van der Waals surface area contributed by atoms with Crippen LogP contribution in [-0.4, -0.2) is 78.8 Å². The summed E-state index contributed by atoms with van der Waals surface area (Å²) in [6, 6.07) is 16.9. The third kappa shape index (κ3) is 5.80. The molecule has 0 aliphatic carbocycles. The second-order valence-corrected chi connectivity index (χ2v) is 8.44. The SMILES string of the molecule is CN1CCN(Cc2ccc(OC[C@@H](O)CN3CCc4ccccc4C3)cc2)CC1. The zero-order valence-corrected chi connectivity index (χ0v) is 17.5. The summed E-state index contributed by atoms with van der Waals surface area (Å²) >= 11 is 0. The maximum atomic E-state index is 10.4. The first-order valence-electron chi connectivity index (χ1n) is 10.8. The van der Waals surface area contributed by atoms with Crippen LogP contribution < -0.4 is 4.74 Å². The van der Waals surface area contributed by atoms with E-state index < -0.39 is 6.10 Å². The number of ether oxygens (including phenoxy) is 1. The van der Waals surface area contributed by atoms with Gasteiger partial charge in [0.25, 0.3) is 0 Å². The average Bonchev–Trinajstić information content (AvgIpc) is 2.75. The van der Waals surface area contributed by atoms with Gasteiger partial charge in [-0.3, -0.25) is 9.80 Å².